The summed E-state index contributed by atoms with van der Waals surface area (Å²) in [5.74, 6) is -0.354. The fourth-order valence-electron chi connectivity index (χ4n) is 3.42. The summed E-state index contributed by atoms with van der Waals surface area (Å²) in [6.45, 7) is 1.57. The number of hydrogen-bond donors (Lipinski definition) is 2. The molecule has 0 unspecified atom stereocenters. The summed E-state index contributed by atoms with van der Waals surface area (Å²) in [5.41, 5.74) is 6.14. The van der Waals surface area contributed by atoms with Crippen LogP contribution >= 0.6 is 11.8 Å². The number of benzene rings is 1. The van der Waals surface area contributed by atoms with Gasteiger partial charge >= 0.3 is 5.63 Å². The second kappa shape index (κ2) is 7.25. The number of rotatable bonds is 4. The standard InChI is InChI=1S/C20H18N4O4S/c1-10-7-16(25)17(20(27)28-10)14-8-15(11-3-5-12(29-2)6-4-11)24-19(23-14)13(9-22-24)18(21)26/h3-7,9,15,25H,8H2,1-2H3,(H2,21,26)/t15-/m1/s1. The Balaban J connectivity index is 1.90. The van der Waals surface area contributed by atoms with Gasteiger partial charge < -0.3 is 15.3 Å². The van der Waals surface area contributed by atoms with Gasteiger partial charge in [0.1, 0.15) is 22.6 Å². The van der Waals surface area contributed by atoms with Gasteiger partial charge in [-0.15, -0.1) is 11.8 Å². The Kier molecular flexibility index (Phi) is 4.75. The molecule has 9 heteroatoms. The van der Waals surface area contributed by atoms with E-state index < -0.39 is 11.5 Å². The van der Waals surface area contributed by atoms with E-state index >= 15 is 0 Å². The van der Waals surface area contributed by atoms with Gasteiger partial charge in [0.25, 0.3) is 5.91 Å². The third kappa shape index (κ3) is 3.33. The molecular weight excluding hydrogens is 392 g/mol. The summed E-state index contributed by atoms with van der Waals surface area (Å²) in [4.78, 5) is 29.8. The summed E-state index contributed by atoms with van der Waals surface area (Å²) < 4.78 is 6.76. The number of primary amides is 1. The van der Waals surface area contributed by atoms with Crippen LogP contribution in [-0.4, -0.2) is 32.8 Å². The van der Waals surface area contributed by atoms with E-state index in [1.165, 1.54) is 12.3 Å². The number of aromatic nitrogens is 2. The molecule has 0 aliphatic carbocycles. The number of hydrogen-bond acceptors (Lipinski definition) is 7. The number of aryl methyl sites for hydroxylation is 1. The minimum absolute atomic E-state index is 0.0239. The van der Waals surface area contributed by atoms with Crippen molar-refractivity contribution in [2.75, 3.05) is 6.26 Å². The molecule has 4 rings (SSSR count). The maximum absolute atomic E-state index is 12.4. The lowest BCUT2D eigenvalue weighted by atomic mass is 9.96. The number of nitrogens with zero attached hydrogens (tertiary/aromatic N) is 3. The highest BCUT2D eigenvalue weighted by Crippen LogP contribution is 2.36. The highest BCUT2D eigenvalue weighted by Gasteiger charge is 2.31. The van der Waals surface area contributed by atoms with Crippen molar-refractivity contribution in [3.63, 3.8) is 0 Å². The van der Waals surface area contributed by atoms with Crippen molar-refractivity contribution in [1.29, 1.82) is 0 Å². The van der Waals surface area contributed by atoms with Crippen LogP contribution < -0.4 is 11.4 Å². The molecular formula is C20H18N4O4S. The van der Waals surface area contributed by atoms with Crippen molar-refractivity contribution in [3.05, 3.63) is 69.4 Å². The highest BCUT2D eigenvalue weighted by molar-refractivity contribution is 7.98. The zero-order chi connectivity index (χ0) is 20.7. The summed E-state index contributed by atoms with van der Waals surface area (Å²) in [6, 6.07) is 8.94. The fourth-order valence-corrected chi connectivity index (χ4v) is 3.83. The average molecular weight is 410 g/mol. The molecule has 148 valence electrons. The van der Waals surface area contributed by atoms with Crippen LogP contribution in [0.25, 0.3) is 0 Å². The van der Waals surface area contributed by atoms with Crippen LogP contribution in [0.2, 0.25) is 0 Å². The Labute approximate surface area is 170 Å². The molecule has 3 N–H and O–H groups in total. The fraction of sp³-hybridized carbons (Fsp3) is 0.200. The van der Waals surface area contributed by atoms with Crippen LogP contribution in [0.15, 0.2) is 55.6 Å². The van der Waals surface area contributed by atoms with Crippen LogP contribution in [-0.2, 0) is 0 Å². The van der Waals surface area contributed by atoms with E-state index in [-0.39, 0.29) is 35.2 Å². The number of thioether (sulfide) groups is 1. The van der Waals surface area contributed by atoms with Gasteiger partial charge in [0.05, 0.1) is 18.0 Å². The molecule has 0 spiro atoms. The zero-order valence-corrected chi connectivity index (χ0v) is 16.6. The molecule has 2 aromatic heterocycles. The van der Waals surface area contributed by atoms with Crippen molar-refractivity contribution in [2.24, 2.45) is 10.7 Å². The van der Waals surface area contributed by atoms with Crippen molar-refractivity contribution in [3.8, 4) is 5.75 Å². The first-order valence-electron chi connectivity index (χ1n) is 8.82. The molecule has 1 atom stereocenters. The summed E-state index contributed by atoms with van der Waals surface area (Å²) in [7, 11) is 0. The van der Waals surface area contributed by atoms with Gasteiger partial charge in [0.15, 0.2) is 5.82 Å². The Bertz CT molecular complexity index is 1190. The van der Waals surface area contributed by atoms with Crippen LogP contribution in [0.4, 0.5) is 5.82 Å². The first-order chi connectivity index (χ1) is 13.9. The number of carbonyl (C=O) groups is 1. The normalized spacial score (nSPS) is 15.7. The van der Waals surface area contributed by atoms with Gasteiger partial charge in [-0.3, -0.25) is 4.79 Å². The van der Waals surface area contributed by atoms with E-state index in [2.05, 4.69) is 10.1 Å². The van der Waals surface area contributed by atoms with Gasteiger partial charge in [-0.1, -0.05) is 12.1 Å². The van der Waals surface area contributed by atoms with Crippen LogP contribution in [0.5, 0.6) is 5.75 Å². The minimum atomic E-state index is -0.689. The van der Waals surface area contributed by atoms with Gasteiger partial charge in [-0.2, -0.15) is 5.10 Å². The second-order valence-corrected chi connectivity index (χ2v) is 7.53. The molecule has 1 aliphatic heterocycles. The first-order valence-corrected chi connectivity index (χ1v) is 10.0. The summed E-state index contributed by atoms with van der Waals surface area (Å²) in [5, 5.41) is 14.7. The SMILES string of the molecule is CSc1ccc([C@H]2CC(c3c(O)cc(C)oc3=O)=Nc3c(C(N)=O)cnn32)cc1. The van der Waals surface area contributed by atoms with E-state index in [9.17, 15) is 14.7 Å². The number of fused-ring (bicyclic) bond motifs is 1. The van der Waals surface area contributed by atoms with E-state index in [0.717, 1.165) is 10.5 Å². The molecule has 3 aromatic rings. The minimum Gasteiger partial charge on any atom is -0.507 e. The van der Waals surface area contributed by atoms with Crippen molar-refractivity contribution in [2.45, 2.75) is 24.3 Å². The Hall–Kier alpha value is -3.33. The number of aromatic hydroxyl groups is 1. The van der Waals surface area contributed by atoms with E-state index in [0.29, 0.717) is 11.5 Å². The quantitative estimate of drug-likeness (QED) is 0.638. The predicted octanol–water partition coefficient (Wildman–Crippen LogP) is 2.79. The third-order valence-corrected chi connectivity index (χ3v) is 5.54. The first kappa shape index (κ1) is 19.0. The zero-order valence-electron chi connectivity index (χ0n) is 15.7. The molecule has 1 aliphatic rings. The van der Waals surface area contributed by atoms with Crippen LogP contribution in [0.3, 0.4) is 0 Å². The van der Waals surface area contributed by atoms with Crippen LogP contribution in [0.1, 0.15) is 39.7 Å². The summed E-state index contributed by atoms with van der Waals surface area (Å²) in [6.07, 6.45) is 3.64. The molecule has 29 heavy (non-hydrogen) atoms. The maximum atomic E-state index is 12.4. The highest BCUT2D eigenvalue weighted by atomic mass is 32.2. The number of nitrogens with two attached hydrogens (primary N) is 1. The monoisotopic (exact) mass is 410 g/mol. The van der Waals surface area contributed by atoms with Gasteiger partial charge in [-0.25, -0.2) is 14.5 Å². The van der Waals surface area contributed by atoms with Crippen molar-refractivity contribution < 1.29 is 14.3 Å². The Morgan fingerprint density at radius 1 is 1.34 bits per heavy atom. The molecule has 1 amide bonds. The maximum Gasteiger partial charge on any atom is 0.348 e. The van der Waals surface area contributed by atoms with E-state index in [1.54, 1.807) is 23.4 Å². The largest absolute Gasteiger partial charge is 0.507 e. The van der Waals surface area contributed by atoms with Gasteiger partial charge in [0, 0.05) is 17.4 Å². The summed E-state index contributed by atoms with van der Waals surface area (Å²) >= 11 is 1.63. The topological polar surface area (TPSA) is 124 Å². The molecule has 3 heterocycles. The lowest BCUT2D eigenvalue weighted by Crippen LogP contribution is -2.25. The molecule has 0 saturated heterocycles. The number of amides is 1. The van der Waals surface area contributed by atoms with Crippen LogP contribution in [0, 0.1) is 6.92 Å². The average Bonchev–Trinajstić information content (AvgIpc) is 3.11. The predicted molar refractivity (Wildman–Crippen MR) is 109 cm³/mol. The molecule has 8 nitrogen and oxygen atoms in total. The molecule has 1 aromatic carbocycles. The molecule has 0 fully saturated rings. The Morgan fingerprint density at radius 3 is 2.69 bits per heavy atom. The number of carbonyl (C=O) groups excluding carboxylic acids is 1. The molecule has 0 radical (unpaired) electrons. The molecule has 0 saturated carbocycles. The van der Waals surface area contributed by atoms with Gasteiger partial charge in [-0.05, 0) is 30.9 Å². The number of aliphatic imine (C=N–C) groups is 1. The van der Waals surface area contributed by atoms with Gasteiger partial charge in [0.2, 0.25) is 0 Å². The van der Waals surface area contributed by atoms with E-state index in [4.69, 9.17) is 10.2 Å². The van der Waals surface area contributed by atoms with Crippen molar-refractivity contribution >= 4 is 29.2 Å². The second-order valence-electron chi connectivity index (χ2n) is 6.65. The van der Waals surface area contributed by atoms with Crippen molar-refractivity contribution in [1.82, 2.24) is 9.78 Å². The lowest BCUT2D eigenvalue weighted by molar-refractivity contribution is 0.100. The van der Waals surface area contributed by atoms with E-state index in [1.807, 2.05) is 30.5 Å². The molecule has 0 bridgehead atoms. The Morgan fingerprint density at radius 2 is 2.07 bits per heavy atom. The smallest absolute Gasteiger partial charge is 0.348 e. The lowest BCUT2D eigenvalue weighted by Gasteiger charge is -2.25. The third-order valence-electron chi connectivity index (χ3n) is 4.80.